The standard InChI is InChI=1S/C17H24N2O.C14H15N3O2/c1(3-5-9-16-14-20-16)2-4-6-12-19-13-10-15-8-7-11-18-17(15)19;1-9(14(19)17(2)3)12(8-18)11-7-16-13-10(11)5-4-6-15-13/h7-8,10-11,13,16H,1-6,9,12,14H2;4-8H,1-3H3,(H,15,16)/b;12-9+/t16-;/m1./s1. The normalized spacial score (nSPS) is 15.0. The smallest absolute Gasteiger partial charge is 0.249 e. The molecule has 5 rings (SSSR count). The lowest BCUT2D eigenvalue weighted by Gasteiger charge is -2.12. The number of rotatable bonds is 12. The van der Waals surface area contributed by atoms with Crippen molar-refractivity contribution < 1.29 is 14.3 Å². The van der Waals surface area contributed by atoms with Gasteiger partial charge in [0.2, 0.25) is 5.91 Å². The highest BCUT2D eigenvalue weighted by Gasteiger charge is 2.21. The summed E-state index contributed by atoms with van der Waals surface area (Å²) in [6, 6.07) is 9.94. The molecule has 5 heterocycles. The number of nitrogens with zero attached hydrogens (tertiary/aromatic N) is 4. The number of aromatic amines is 1. The van der Waals surface area contributed by atoms with Crippen molar-refractivity contribution in [3.05, 3.63) is 66.3 Å². The molecule has 8 nitrogen and oxygen atoms in total. The number of likely N-dealkylation sites (N-methyl/N-ethyl adjacent to an activating group) is 1. The van der Waals surface area contributed by atoms with E-state index >= 15 is 0 Å². The van der Waals surface area contributed by atoms with Crippen LogP contribution >= 0.6 is 0 Å². The lowest BCUT2D eigenvalue weighted by molar-refractivity contribution is -0.124. The number of carbonyl (C=O) groups excluding carboxylic acids is 2. The van der Waals surface area contributed by atoms with Crippen molar-refractivity contribution in [2.45, 2.75) is 64.5 Å². The molecule has 8 heteroatoms. The number of amides is 1. The quantitative estimate of drug-likeness (QED) is 0.108. The number of ether oxygens (including phenoxy) is 1. The Morgan fingerprint density at radius 3 is 2.54 bits per heavy atom. The fourth-order valence-electron chi connectivity index (χ4n) is 4.78. The van der Waals surface area contributed by atoms with E-state index in [9.17, 15) is 9.59 Å². The molecule has 1 amide bonds. The number of aromatic nitrogens is 4. The SMILES string of the molecule is C/C(C(=O)N(C)C)=C(/C=O)c1c[nH]c2ncccc12.c1cnc2c(c1)ccn2CCCCCCCC[C@@H]1CO1. The maximum atomic E-state index is 12.0. The van der Waals surface area contributed by atoms with Gasteiger partial charge in [0, 0.05) is 72.9 Å². The van der Waals surface area contributed by atoms with Crippen LogP contribution in [0.1, 0.15) is 57.4 Å². The first-order valence-corrected chi connectivity index (χ1v) is 13.8. The van der Waals surface area contributed by atoms with Gasteiger partial charge in [-0.25, -0.2) is 9.97 Å². The molecule has 0 aliphatic carbocycles. The summed E-state index contributed by atoms with van der Waals surface area (Å²) in [7, 11) is 3.32. The van der Waals surface area contributed by atoms with Gasteiger partial charge in [-0.05, 0) is 50.1 Å². The number of aryl methyl sites for hydroxylation is 1. The minimum Gasteiger partial charge on any atom is -0.373 e. The molecule has 0 unspecified atom stereocenters. The van der Waals surface area contributed by atoms with Gasteiger partial charge >= 0.3 is 0 Å². The molecule has 0 aromatic carbocycles. The number of unbranched alkanes of at least 4 members (excludes halogenated alkanes) is 5. The maximum Gasteiger partial charge on any atom is 0.249 e. The molecular weight excluding hydrogens is 490 g/mol. The topological polar surface area (TPSA) is 96.4 Å². The highest BCUT2D eigenvalue weighted by atomic mass is 16.6. The summed E-state index contributed by atoms with van der Waals surface area (Å²) in [5, 5.41) is 2.07. The Kier molecular flexibility index (Phi) is 10.0. The molecular formula is C31H39N5O3. The van der Waals surface area contributed by atoms with E-state index in [1.54, 1.807) is 39.5 Å². The Labute approximate surface area is 230 Å². The highest BCUT2D eigenvalue weighted by molar-refractivity contribution is 6.19. The summed E-state index contributed by atoms with van der Waals surface area (Å²) < 4.78 is 7.50. The molecule has 0 saturated carbocycles. The second-order valence-electron chi connectivity index (χ2n) is 10.2. The number of fused-ring (bicyclic) bond motifs is 2. The van der Waals surface area contributed by atoms with Crippen molar-refractivity contribution in [1.29, 1.82) is 0 Å². The third-order valence-corrected chi connectivity index (χ3v) is 7.09. The zero-order valence-corrected chi connectivity index (χ0v) is 23.2. The molecule has 39 heavy (non-hydrogen) atoms. The summed E-state index contributed by atoms with van der Waals surface area (Å²) in [6.07, 6.45) is 18.0. The molecule has 4 aromatic heterocycles. The van der Waals surface area contributed by atoms with Crippen LogP contribution in [-0.2, 0) is 20.9 Å². The van der Waals surface area contributed by atoms with E-state index in [-0.39, 0.29) is 5.91 Å². The maximum absolute atomic E-state index is 12.0. The third kappa shape index (κ3) is 7.63. The van der Waals surface area contributed by atoms with Crippen LogP contribution < -0.4 is 0 Å². The van der Waals surface area contributed by atoms with Crippen molar-refractivity contribution in [2.24, 2.45) is 0 Å². The fraction of sp³-hybridized carbons (Fsp3) is 0.419. The van der Waals surface area contributed by atoms with Gasteiger partial charge in [-0.1, -0.05) is 32.1 Å². The second kappa shape index (κ2) is 13.8. The summed E-state index contributed by atoms with van der Waals surface area (Å²) in [6.45, 7) is 3.76. The van der Waals surface area contributed by atoms with Gasteiger partial charge in [0.1, 0.15) is 11.3 Å². The number of aldehydes is 1. The molecule has 1 atom stereocenters. The van der Waals surface area contributed by atoms with E-state index in [1.165, 1.54) is 55.2 Å². The Hall–Kier alpha value is -3.78. The van der Waals surface area contributed by atoms with Crippen LogP contribution in [0.2, 0.25) is 0 Å². The number of epoxide rings is 1. The average Bonchev–Trinajstić information content (AvgIpc) is 3.55. The van der Waals surface area contributed by atoms with Gasteiger partial charge in [-0.3, -0.25) is 9.59 Å². The zero-order valence-electron chi connectivity index (χ0n) is 23.2. The monoisotopic (exact) mass is 529 g/mol. The third-order valence-electron chi connectivity index (χ3n) is 7.09. The molecule has 1 aliphatic rings. The van der Waals surface area contributed by atoms with E-state index in [4.69, 9.17) is 4.74 Å². The molecule has 1 saturated heterocycles. The van der Waals surface area contributed by atoms with Crippen LogP contribution in [0.15, 0.2) is 60.7 Å². The van der Waals surface area contributed by atoms with E-state index in [1.807, 2.05) is 18.3 Å². The summed E-state index contributed by atoms with van der Waals surface area (Å²) >= 11 is 0. The summed E-state index contributed by atoms with van der Waals surface area (Å²) in [5.74, 6) is -0.180. The van der Waals surface area contributed by atoms with E-state index < -0.39 is 0 Å². The van der Waals surface area contributed by atoms with Gasteiger partial charge in [0.15, 0.2) is 6.29 Å². The van der Waals surface area contributed by atoms with Gasteiger partial charge in [-0.2, -0.15) is 0 Å². The van der Waals surface area contributed by atoms with Crippen molar-refractivity contribution in [3.8, 4) is 0 Å². The van der Waals surface area contributed by atoms with Crippen LogP contribution in [0.4, 0.5) is 0 Å². The van der Waals surface area contributed by atoms with E-state index in [0.29, 0.717) is 34.7 Å². The van der Waals surface area contributed by atoms with Gasteiger partial charge in [0.25, 0.3) is 0 Å². The van der Waals surface area contributed by atoms with Gasteiger partial charge in [0.05, 0.1) is 12.7 Å². The molecule has 4 aromatic rings. The number of carbonyl (C=O) groups is 2. The number of nitrogens with one attached hydrogen (secondary N) is 1. The first-order chi connectivity index (χ1) is 19.0. The van der Waals surface area contributed by atoms with Crippen molar-refractivity contribution >= 4 is 39.8 Å². The molecule has 0 radical (unpaired) electrons. The number of allylic oxidation sites excluding steroid dienone is 1. The van der Waals surface area contributed by atoms with E-state index in [2.05, 4.69) is 37.8 Å². The van der Waals surface area contributed by atoms with E-state index in [0.717, 1.165) is 24.2 Å². The molecule has 0 spiro atoms. The Morgan fingerprint density at radius 2 is 1.79 bits per heavy atom. The van der Waals surface area contributed by atoms with Crippen LogP contribution in [0.5, 0.6) is 0 Å². The molecule has 206 valence electrons. The first-order valence-electron chi connectivity index (χ1n) is 13.8. The predicted octanol–water partition coefficient (Wildman–Crippen LogP) is 5.79. The average molecular weight is 530 g/mol. The Morgan fingerprint density at radius 1 is 1.08 bits per heavy atom. The van der Waals surface area contributed by atoms with Crippen LogP contribution in [0.3, 0.4) is 0 Å². The lowest BCUT2D eigenvalue weighted by Crippen LogP contribution is -2.23. The summed E-state index contributed by atoms with van der Waals surface area (Å²) in [4.78, 5) is 36.4. The first kappa shape index (κ1) is 28.2. The van der Waals surface area contributed by atoms with Gasteiger partial charge in [-0.15, -0.1) is 0 Å². The number of hydrogen-bond acceptors (Lipinski definition) is 5. The fourth-order valence-corrected chi connectivity index (χ4v) is 4.78. The minimum absolute atomic E-state index is 0.180. The summed E-state index contributed by atoms with van der Waals surface area (Å²) in [5.41, 5.74) is 3.33. The minimum atomic E-state index is -0.180. The van der Waals surface area contributed by atoms with Crippen LogP contribution in [-0.4, -0.2) is 63.4 Å². The number of hydrogen-bond donors (Lipinski definition) is 1. The number of pyridine rings is 2. The molecule has 1 fully saturated rings. The zero-order chi connectivity index (χ0) is 27.6. The highest BCUT2D eigenvalue weighted by Crippen LogP contribution is 2.25. The molecule has 1 aliphatic heterocycles. The molecule has 1 N–H and O–H groups in total. The van der Waals surface area contributed by atoms with Crippen molar-refractivity contribution in [2.75, 3.05) is 20.7 Å². The molecule has 0 bridgehead atoms. The van der Waals surface area contributed by atoms with Gasteiger partial charge < -0.3 is 19.2 Å². The van der Waals surface area contributed by atoms with Crippen molar-refractivity contribution in [3.63, 3.8) is 0 Å². The largest absolute Gasteiger partial charge is 0.373 e. The van der Waals surface area contributed by atoms with Crippen LogP contribution in [0, 0.1) is 0 Å². The number of H-pyrrole nitrogens is 1. The lowest BCUT2D eigenvalue weighted by atomic mass is 10.0. The predicted molar refractivity (Wildman–Crippen MR) is 155 cm³/mol. The van der Waals surface area contributed by atoms with Crippen molar-refractivity contribution in [1.82, 2.24) is 24.4 Å². The Balaban J connectivity index is 0.000000181. The second-order valence-corrected chi connectivity index (χ2v) is 10.2. The van der Waals surface area contributed by atoms with Crippen LogP contribution in [0.25, 0.3) is 27.6 Å². The Bertz CT molecular complexity index is 1410.